The number of nitrogens with zero attached hydrogens (tertiary/aromatic N) is 3. The molecule has 10 heteroatoms. The van der Waals surface area contributed by atoms with E-state index in [9.17, 15) is 23.2 Å². The van der Waals surface area contributed by atoms with Crippen molar-refractivity contribution in [3.05, 3.63) is 41.3 Å². The van der Waals surface area contributed by atoms with E-state index >= 15 is 0 Å². The normalized spacial score (nSPS) is 11.6. The first kappa shape index (κ1) is 20.5. The molecule has 0 aliphatic carbocycles. The highest BCUT2D eigenvalue weighted by atomic mass is 32.1. The van der Waals surface area contributed by atoms with Crippen LogP contribution in [0.15, 0.2) is 29.4 Å². The van der Waals surface area contributed by atoms with Crippen LogP contribution in [0.5, 0.6) is 0 Å². The lowest BCUT2D eigenvalue weighted by atomic mass is 9.87. The van der Waals surface area contributed by atoms with Gasteiger partial charge in [0.2, 0.25) is 0 Å². The van der Waals surface area contributed by atoms with E-state index in [4.69, 9.17) is 0 Å². The third kappa shape index (κ3) is 4.49. The standard InChI is InChI=1S/C17H16F3N5OS/c1-16(2,8-21)9-5-12(27)13(23-6-9)15(26)25-11-4-10(17(18,19)20)7-24-14(11)22-3/h4-7,27H,1-3H3,(H,22,24)(H,25,26). The highest BCUT2D eigenvalue weighted by Gasteiger charge is 2.32. The Bertz CT molecular complexity index is 922. The summed E-state index contributed by atoms with van der Waals surface area (Å²) in [5, 5.41) is 14.1. The zero-order valence-electron chi connectivity index (χ0n) is 14.6. The van der Waals surface area contributed by atoms with Crippen molar-refractivity contribution in [2.75, 3.05) is 17.7 Å². The predicted molar refractivity (Wildman–Crippen MR) is 96.9 cm³/mol. The fourth-order valence-corrected chi connectivity index (χ4v) is 2.43. The zero-order valence-corrected chi connectivity index (χ0v) is 15.5. The van der Waals surface area contributed by atoms with Crippen molar-refractivity contribution < 1.29 is 18.0 Å². The molecule has 0 saturated carbocycles. The summed E-state index contributed by atoms with van der Waals surface area (Å²) in [6.45, 7) is 3.37. The highest BCUT2D eigenvalue weighted by molar-refractivity contribution is 7.80. The zero-order chi connectivity index (χ0) is 20.4. The monoisotopic (exact) mass is 395 g/mol. The summed E-state index contributed by atoms with van der Waals surface area (Å²) in [6, 6.07) is 4.42. The van der Waals surface area contributed by atoms with Crippen molar-refractivity contribution >= 4 is 30.0 Å². The molecule has 0 aliphatic rings. The van der Waals surface area contributed by atoms with E-state index in [1.807, 2.05) is 0 Å². The first-order chi connectivity index (χ1) is 12.5. The van der Waals surface area contributed by atoms with E-state index in [1.54, 1.807) is 13.8 Å². The number of thiol groups is 1. The number of halogens is 3. The van der Waals surface area contributed by atoms with E-state index in [2.05, 4.69) is 39.3 Å². The molecular weight excluding hydrogens is 379 g/mol. The Labute approximate surface area is 159 Å². The van der Waals surface area contributed by atoms with Crippen LogP contribution in [0, 0.1) is 11.3 Å². The van der Waals surface area contributed by atoms with Gasteiger partial charge in [-0.25, -0.2) is 9.97 Å². The molecular formula is C17H16F3N5OS. The molecule has 0 atom stereocenters. The Hall–Kier alpha value is -2.80. The number of carbonyl (C=O) groups is 1. The Balaban J connectivity index is 2.37. The van der Waals surface area contributed by atoms with Gasteiger partial charge in [0, 0.05) is 24.3 Å². The fraction of sp³-hybridized carbons (Fsp3) is 0.294. The number of nitriles is 1. The lowest BCUT2D eigenvalue weighted by Gasteiger charge is -2.17. The minimum absolute atomic E-state index is 0.0688. The van der Waals surface area contributed by atoms with Gasteiger partial charge in [0.05, 0.1) is 22.7 Å². The summed E-state index contributed by atoms with van der Waals surface area (Å²) >= 11 is 4.22. The largest absolute Gasteiger partial charge is 0.417 e. The predicted octanol–water partition coefficient (Wildman–Crippen LogP) is 3.88. The van der Waals surface area contributed by atoms with Crippen LogP contribution in [0.4, 0.5) is 24.7 Å². The van der Waals surface area contributed by atoms with Gasteiger partial charge in [0.25, 0.3) is 5.91 Å². The smallest absolute Gasteiger partial charge is 0.371 e. The summed E-state index contributed by atoms with van der Waals surface area (Å²) in [5.74, 6) is -0.682. The summed E-state index contributed by atoms with van der Waals surface area (Å²) < 4.78 is 38.7. The number of pyridine rings is 2. The van der Waals surface area contributed by atoms with Gasteiger partial charge in [-0.2, -0.15) is 18.4 Å². The molecule has 2 rings (SSSR count). The van der Waals surface area contributed by atoms with Gasteiger partial charge in [0.1, 0.15) is 11.5 Å². The maximum absolute atomic E-state index is 12.9. The lowest BCUT2D eigenvalue weighted by molar-refractivity contribution is -0.137. The lowest BCUT2D eigenvalue weighted by Crippen LogP contribution is -2.19. The van der Waals surface area contributed by atoms with E-state index in [1.165, 1.54) is 19.3 Å². The number of amides is 1. The SMILES string of the molecule is CNc1ncc(C(F)(F)F)cc1NC(=O)c1ncc(C(C)(C)C#N)cc1S. The molecule has 0 unspecified atom stereocenters. The number of anilines is 2. The van der Waals surface area contributed by atoms with E-state index in [-0.39, 0.29) is 22.1 Å². The molecule has 0 bridgehead atoms. The van der Waals surface area contributed by atoms with Gasteiger partial charge in [0.15, 0.2) is 0 Å². The molecule has 0 fully saturated rings. The van der Waals surface area contributed by atoms with Gasteiger partial charge < -0.3 is 10.6 Å². The van der Waals surface area contributed by atoms with Crippen LogP contribution in [0.2, 0.25) is 0 Å². The van der Waals surface area contributed by atoms with Gasteiger partial charge >= 0.3 is 6.18 Å². The number of nitrogens with one attached hydrogen (secondary N) is 2. The Morgan fingerprint density at radius 1 is 1.19 bits per heavy atom. The Kier molecular flexibility index (Phi) is 5.65. The summed E-state index contributed by atoms with van der Waals surface area (Å²) in [4.78, 5) is 20.3. The Morgan fingerprint density at radius 3 is 2.33 bits per heavy atom. The molecule has 0 aliphatic heterocycles. The molecule has 2 heterocycles. The maximum Gasteiger partial charge on any atom is 0.417 e. The molecule has 142 valence electrons. The molecule has 2 aromatic heterocycles. The molecule has 2 N–H and O–H groups in total. The number of carbonyl (C=O) groups excluding carboxylic acids is 1. The maximum atomic E-state index is 12.9. The molecule has 1 amide bonds. The topological polar surface area (TPSA) is 90.7 Å². The average Bonchev–Trinajstić information content (AvgIpc) is 2.60. The molecule has 27 heavy (non-hydrogen) atoms. The molecule has 6 nitrogen and oxygen atoms in total. The van der Waals surface area contributed by atoms with E-state index < -0.39 is 23.1 Å². The second-order valence-electron chi connectivity index (χ2n) is 6.15. The van der Waals surface area contributed by atoms with Crippen molar-refractivity contribution in [1.82, 2.24) is 9.97 Å². The second kappa shape index (κ2) is 7.44. The number of hydrogen-bond donors (Lipinski definition) is 3. The van der Waals surface area contributed by atoms with Gasteiger partial charge in [-0.1, -0.05) is 0 Å². The van der Waals surface area contributed by atoms with Crippen LogP contribution in [-0.2, 0) is 11.6 Å². The summed E-state index contributed by atoms with van der Waals surface area (Å²) in [6.07, 6.45) is -2.57. The first-order valence-electron chi connectivity index (χ1n) is 7.66. The number of hydrogen-bond acceptors (Lipinski definition) is 6. The van der Waals surface area contributed by atoms with Crippen LogP contribution in [0.1, 0.15) is 35.5 Å². The molecule has 0 spiro atoms. The fourth-order valence-electron chi connectivity index (χ4n) is 2.13. The van der Waals surface area contributed by atoms with E-state index in [0.29, 0.717) is 11.8 Å². The molecule has 0 radical (unpaired) electrons. The van der Waals surface area contributed by atoms with Crippen molar-refractivity contribution in [3.63, 3.8) is 0 Å². The third-order valence-corrected chi connectivity index (χ3v) is 4.12. The van der Waals surface area contributed by atoms with Crippen LogP contribution < -0.4 is 10.6 Å². The minimum Gasteiger partial charge on any atom is -0.371 e. The number of rotatable bonds is 4. The van der Waals surface area contributed by atoms with Gasteiger partial charge in [-0.05, 0) is 31.5 Å². The van der Waals surface area contributed by atoms with Crippen molar-refractivity contribution in [2.45, 2.75) is 30.3 Å². The Morgan fingerprint density at radius 2 is 1.81 bits per heavy atom. The second-order valence-corrected chi connectivity index (χ2v) is 6.63. The summed E-state index contributed by atoms with van der Waals surface area (Å²) in [5.41, 5.74) is -1.50. The van der Waals surface area contributed by atoms with Gasteiger partial charge in [-0.3, -0.25) is 4.79 Å². The number of aromatic nitrogens is 2. The molecule has 0 saturated heterocycles. The van der Waals surface area contributed by atoms with Crippen molar-refractivity contribution in [3.8, 4) is 6.07 Å². The van der Waals surface area contributed by atoms with Crippen LogP contribution in [0.25, 0.3) is 0 Å². The summed E-state index contributed by atoms with van der Waals surface area (Å²) in [7, 11) is 1.46. The quantitative estimate of drug-likeness (QED) is 0.684. The highest BCUT2D eigenvalue weighted by Crippen LogP contribution is 2.33. The van der Waals surface area contributed by atoms with Crippen LogP contribution in [0.3, 0.4) is 0 Å². The van der Waals surface area contributed by atoms with Gasteiger partial charge in [-0.15, -0.1) is 12.6 Å². The average molecular weight is 395 g/mol. The molecule has 0 aromatic carbocycles. The van der Waals surface area contributed by atoms with Crippen molar-refractivity contribution in [2.24, 2.45) is 0 Å². The number of alkyl halides is 3. The first-order valence-corrected chi connectivity index (χ1v) is 8.11. The van der Waals surface area contributed by atoms with Crippen LogP contribution >= 0.6 is 12.6 Å². The van der Waals surface area contributed by atoms with Crippen molar-refractivity contribution in [1.29, 1.82) is 5.26 Å². The van der Waals surface area contributed by atoms with Crippen LogP contribution in [-0.4, -0.2) is 22.9 Å². The van der Waals surface area contributed by atoms with E-state index in [0.717, 1.165) is 6.07 Å². The third-order valence-electron chi connectivity index (χ3n) is 3.78. The molecule has 2 aromatic rings. The minimum atomic E-state index is -4.60.